The zero-order valence-corrected chi connectivity index (χ0v) is 44.9. The Balaban J connectivity index is 0.000000473. The number of halogens is 12. The van der Waals surface area contributed by atoms with Crippen molar-refractivity contribution < 1.29 is 103 Å². The Bertz CT molecular complexity index is 2850. The maximum Gasteiger partial charge on any atom is 2.00 e. The average Bonchev–Trinajstić information content (AvgIpc) is 4.07. The summed E-state index contributed by atoms with van der Waals surface area (Å²) in [5.41, 5.74) is -20.6. The molecule has 0 spiro atoms. The van der Waals surface area contributed by atoms with Gasteiger partial charge in [-0.25, -0.2) is 62.7 Å². The van der Waals surface area contributed by atoms with E-state index in [4.69, 9.17) is 0 Å². The number of hydrogen-bond acceptors (Lipinski definition) is 14. The SMILES string of the molecule is CC(C)(C)c1ccnc(-n2cccn2)c1.CC(C)(C)c1ccnc(-n2cccn2)c1.CC(C)(C)c1ccnc(-n2cccn2)c1.O=S(=O)([N-]S(=O)(=O)C(F)(F)F)C(F)(F)F.O=S(=O)([N-]S(=O)(=O)C(F)(F)F)C(F)(F)F.[Co+2]. The van der Waals surface area contributed by atoms with Gasteiger partial charge < -0.3 is 8.25 Å². The number of aromatic nitrogens is 9. The van der Waals surface area contributed by atoms with Crippen LogP contribution in [-0.2, 0) is 73.1 Å². The van der Waals surface area contributed by atoms with E-state index in [1.165, 1.54) is 16.7 Å². The van der Waals surface area contributed by atoms with Gasteiger partial charge in [0.2, 0.25) is 0 Å². The molecule has 36 heteroatoms. The molecule has 0 unspecified atom stereocenters. The predicted molar refractivity (Wildman–Crippen MR) is 247 cm³/mol. The van der Waals surface area contributed by atoms with Crippen LogP contribution in [0.3, 0.4) is 0 Å². The molecule has 0 aliphatic rings. The van der Waals surface area contributed by atoms with Crippen molar-refractivity contribution in [3.63, 3.8) is 0 Å². The van der Waals surface area contributed by atoms with E-state index in [0.717, 1.165) is 25.7 Å². The first-order valence-corrected chi connectivity index (χ1v) is 26.0. The van der Waals surface area contributed by atoms with Crippen LogP contribution in [0.2, 0.25) is 0 Å². The quantitative estimate of drug-likeness (QED) is 0.135. The summed E-state index contributed by atoms with van der Waals surface area (Å²) in [6.45, 7) is 19.7. The van der Waals surface area contributed by atoms with E-state index in [9.17, 15) is 86.4 Å². The second-order valence-corrected chi connectivity index (χ2v) is 24.5. The van der Waals surface area contributed by atoms with Gasteiger partial charge in [0.1, 0.15) is 0 Å². The fourth-order valence-corrected chi connectivity index (χ4v) is 8.09. The Labute approximate surface area is 439 Å². The zero-order valence-electron chi connectivity index (χ0n) is 40.6. The first kappa shape index (κ1) is 68.5. The second-order valence-electron chi connectivity index (χ2n) is 17.6. The van der Waals surface area contributed by atoms with E-state index < -0.39 is 62.1 Å². The molecule has 1 radical (unpaired) electrons. The maximum absolute atomic E-state index is 11.4. The van der Waals surface area contributed by atoms with Gasteiger partial charge in [-0.05, 0) is 87.5 Å². The van der Waals surface area contributed by atoms with Crippen LogP contribution in [0.4, 0.5) is 52.7 Å². The number of rotatable bonds is 7. The summed E-state index contributed by atoms with van der Waals surface area (Å²) >= 11 is 0. The summed E-state index contributed by atoms with van der Waals surface area (Å²) in [4.78, 5) is 12.9. The molecule has 0 bridgehead atoms. The Morgan fingerprint density at radius 3 is 0.711 bits per heavy atom. The van der Waals surface area contributed by atoms with Crippen LogP contribution in [0.15, 0.2) is 110 Å². The molecule has 0 fully saturated rings. The molecular formula is C40H45CoF12N11O8S4. The Hall–Kier alpha value is -5.53. The molecule has 6 rings (SSSR count). The molecule has 0 aliphatic heterocycles. The predicted octanol–water partition coefficient (Wildman–Crippen LogP) is 9.81. The van der Waals surface area contributed by atoms with Gasteiger partial charge in [0, 0.05) is 55.8 Å². The molecule has 6 aromatic heterocycles. The Morgan fingerprint density at radius 2 is 0.566 bits per heavy atom. The van der Waals surface area contributed by atoms with E-state index in [2.05, 4.69) is 111 Å². The normalized spacial score (nSPS) is 13.0. The number of pyridine rings is 3. The fraction of sp³-hybridized carbons (Fsp3) is 0.400. The number of nitrogens with zero attached hydrogens (tertiary/aromatic N) is 11. The van der Waals surface area contributed by atoms with Crippen LogP contribution < -0.4 is 0 Å². The third-order valence-corrected chi connectivity index (χ3v) is 14.1. The van der Waals surface area contributed by atoms with Gasteiger partial charge in [-0.15, -0.1) is 0 Å². The van der Waals surface area contributed by atoms with Crippen LogP contribution in [0.1, 0.15) is 79.0 Å². The molecule has 19 nitrogen and oxygen atoms in total. The molecule has 0 saturated heterocycles. The van der Waals surface area contributed by atoms with Gasteiger partial charge in [0.25, 0.3) is 0 Å². The van der Waals surface area contributed by atoms with Gasteiger partial charge in [0.05, 0.1) is 0 Å². The molecule has 0 saturated carbocycles. The topological polar surface area (TPSA) is 257 Å². The fourth-order valence-electron chi connectivity index (χ4n) is 4.67. The molecule has 0 aromatic carbocycles. The summed E-state index contributed by atoms with van der Waals surface area (Å²) in [6, 6.07) is 18.1. The maximum atomic E-state index is 11.4. The van der Waals surface area contributed by atoms with E-state index in [0.29, 0.717) is 0 Å². The van der Waals surface area contributed by atoms with Crippen molar-refractivity contribution in [1.82, 2.24) is 44.3 Å². The van der Waals surface area contributed by atoms with Gasteiger partial charge >= 0.3 is 38.8 Å². The van der Waals surface area contributed by atoms with E-state index in [-0.39, 0.29) is 33.0 Å². The van der Waals surface area contributed by atoms with Crippen molar-refractivity contribution in [3.8, 4) is 17.5 Å². The van der Waals surface area contributed by atoms with Crippen molar-refractivity contribution in [2.24, 2.45) is 0 Å². The molecule has 0 N–H and O–H groups in total. The summed E-state index contributed by atoms with van der Waals surface area (Å²) < 4.78 is 224. The Morgan fingerprint density at radius 1 is 0.368 bits per heavy atom. The second kappa shape index (κ2) is 25.3. The van der Waals surface area contributed by atoms with Crippen molar-refractivity contribution >= 4 is 40.1 Å². The molecule has 0 amide bonds. The van der Waals surface area contributed by atoms with Crippen LogP contribution in [0.5, 0.6) is 0 Å². The zero-order chi connectivity index (χ0) is 58.1. The summed E-state index contributed by atoms with van der Waals surface area (Å²) in [6.07, 6.45) is 16.5. The number of alkyl halides is 12. The number of hydrogen-bond donors (Lipinski definition) is 0. The monoisotopic (exact) mass is 1220 g/mol. The average molecular weight is 1220 g/mol. The van der Waals surface area contributed by atoms with Crippen LogP contribution in [0.25, 0.3) is 25.7 Å². The molecule has 0 aliphatic carbocycles. The molecule has 6 aromatic rings. The van der Waals surface area contributed by atoms with Gasteiger partial charge in [-0.3, -0.25) is 0 Å². The van der Waals surface area contributed by atoms with Crippen LogP contribution in [0, 0.1) is 0 Å². The number of sulfonamides is 4. The van der Waals surface area contributed by atoms with Crippen molar-refractivity contribution in [3.05, 3.63) is 135 Å². The van der Waals surface area contributed by atoms with Crippen LogP contribution in [-0.4, -0.2) is 100.0 Å². The van der Waals surface area contributed by atoms with E-state index >= 15 is 0 Å². The Kier molecular flexibility index (Phi) is 22.8. The van der Waals surface area contributed by atoms with E-state index in [1.807, 2.05) is 73.6 Å². The standard InChI is InChI=1S/3C12H15N3.2C2F6NO4S2.Co/c3*1-12(2,3)10-5-7-13-11(9-10)15-8-4-6-14-15;2*3-1(4,5)14(10,11)9-15(12,13)2(6,7)8;/h3*4-9H,1-3H3;;;/q;;;2*-1;+2. The summed E-state index contributed by atoms with van der Waals surface area (Å²) in [5, 5.41) is 12.5. The molecule has 76 heavy (non-hydrogen) atoms. The third kappa shape index (κ3) is 20.4. The van der Waals surface area contributed by atoms with Gasteiger partial charge in [-0.2, -0.15) is 68.0 Å². The van der Waals surface area contributed by atoms with E-state index in [1.54, 1.807) is 32.6 Å². The van der Waals surface area contributed by atoms with Gasteiger partial charge in [-0.1, -0.05) is 62.3 Å². The molecule has 0 atom stereocenters. The van der Waals surface area contributed by atoms with Crippen LogP contribution >= 0.6 is 0 Å². The minimum atomic E-state index is -6.72. The van der Waals surface area contributed by atoms with Crippen molar-refractivity contribution in [1.29, 1.82) is 0 Å². The summed E-state index contributed by atoms with van der Waals surface area (Å²) in [7, 11) is -26.9. The molecule has 6 heterocycles. The first-order valence-electron chi connectivity index (χ1n) is 20.3. The first-order chi connectivity index (χ1) is 33.6. The third-order valence-electron chi connectivity index (χ3n) is 8.61. The molecular weight excluding hydrogens is 1180 g/mol. The molecule has 425 valence electrons. The van der Waals surface area contributed by atoms with Crippen molar-refractivity contribution in [2.45, 2.75) is 101 Å². The smallest absolute Gasteiger partial charge is 0.421 e. The minimum absolute atomic E-state index is 0. The minimum Gasteiger partial charge on any atom is -0.421 e. The van der Waals surface area contributed by atoms with Crippen molar-refractivity contribution in [2.75, 3.05) is 0 Å². The largest absolute Gasteiger partial charge is 2.00 e. The van der Waals surface area contributed by atoms with Gasteiger partial charge in [0.15, 0.2) is 57.5 Å². The summed E-state index contributed by atoms with van der Waals surface area (Å²) in [5.74, 6) is 2.60.